The van der Waals surface area contributed by atoms with Crippen molar-refractivity contribution in [3.05, 3.63) is 0 Å². The second-order valence-electron chi connectivity index (χ2n) is 38.8. The summed E-state index contributed by atoms with van der Waals surface area (Å²) in [6.07, 6.45) is 46.2. The first-order valence-corrected chi connectivity index (χ1v) is 49.9. The quantitative estimate of drug-likeness (QED) is 0.0237. The Morgan fingerprint density at radius 3 is 0.992 bits per heavy atom. The van der Waals surface area contributed by atoms with Gasteiger partial charge in [-0.1, -0.05) is 195 Å². The van der Waals surface area contributed by atoms with Crippen molar-refractivity contribution < 1.29 is 114 Å². The molecule has 0 saturated heterocycles. The van der Waals surface area contributed by atoms with E-state index in [4.69, 9.17) is 66.3 Å². The van der Waals surface area contributed by atoms with Gasteiger partial charge in [0, 0.05) is 39.3 Å². The fourth-order valence-corrected chi connectivity index (χ4v) is 19.0. The van der Waals surface area contributed by atoms with Crippen LogP contribution in [0.15, 0.2) is 0 Å². The van der Waals surface area contributed by atoms with Crippen molar-refractivity contribution in [1.29, 1.82) is 0 Å². The molecule has 12 aliphatic rings. The van der Waals surface area contributed by atoms with Crippen molar-refractivity contribution in [3.8, 4) is 0 Å². The summed E-state index contributed by atoms with van der Waals surface area (Å²) in [5.74, 6) is 5.74. The molecule has 12 aliphatic carbocycles. The number of carbonyl (C=O) groups excluding carboxylic acids is 8. The van der Waals surface area contributed by atoms with E-state index in [0.29, 0.717) is 54.7 Å². The molecule has 12 fully saturated rings. The minimum atomic E-state index is -0.332. The first kappa shape index (κ1) is 115. The Morgan fingerprint density at radius 2 is 0.632 bits per heavy atom. The Morgan fingerprint density at radius 1 is 0.320 bits per heavy atom. The van der Waals surface area contributed by atoms with E-state index in [9.17, 15) is 38.4 Å². The lowest BCUT2D eigenvalue weighted by Crippen LogP contribution is -2.49. The van der Waals surface area contributed by atoms with E-state index in [1.807, 2.05) is 125 Å². The highest BCUT2D eigenvalue weighted by atomic mass is 16.7. The van der Waals surface area contributed by atoms with Crippen LogP contribution < -0.4 is 0 Å². The molecule has 730 valence electrons. The summed E-state index contributed by atoms with van der Waals surface area (Å²) in [4.78, 5) is 91.2. The second kappa shape index (κ2) is 65.9. The van der Waals surface area contributed by atoms with Crippen LogP contribution in [0.2, 0.25) is 0 Å². The molecule has 0 aromatic heterocycles. The van der Waals surface area contributed by atoms with Crippen molar-refractivity contribution in [3.63, 3.8) is 0 Å². The molecule has 0 amide bonds. The van der Waals surface area contributed by atoms with Gasteiger partial charge in [0.25, 0.3) is 0 Å². The second-order valence-corrected chi connectivity index (χ2v) is 38.8. The number of esters is 8. The van der Waals surface area contributed by atoms with Crippen LogP contribution in [0.4, 0.5) is 0 Å². The number of hydrogen-bond donors (Lipinski definition) is 0. The smallest absolute Gasteiger partial charge is 0.310 e. The van der Waals surface area contributed by atoms with Gasteiger partial charge in [0.1, 0.15) is 0 Å². The van der Waals surface area contributed by atoms with Crippen LogP contribution in [0.1, 0.15) is 382 Å². The van der Waals surface area contributed by atoms with Gasteiger partial charge in [-0.05, 0) is 239 Å². The molecule has 10 atom stereocenters. The molecule has 10 unspecified atom stereocenters. The Hall–Kier alpha value is -4.56. The Labute approximate surface area is 757 Å². The van der Waals surface area contributed by atoms with E-state index >= 15 is 0 Å². The van der Waals surface area contributed by atoms with Crippen LogP contribution >= 0.6 is 0 Å². The molecule has 12 saturated carbocycles. The molecule has 0 N–H and O–H groups in total. The van der Waals surface area contributed by atoms with E-state index < -0.39 is 0 Å². The average Bonchev–Trinajstić information content (AvgIpc) is 0.759. The van der Waals surface area contributed by atoms with Crippen LogP contribution in [-0.4, -0.2) is 154 Å². The first-order chi connectivity index (χ1) is 59.9. The Bertz CT molecular complexity index is 2800. The molecule has 0 spiro atoms. The van der Waals surface area contributed by atoms with Gasteiger partial charge in [-0.15, -0.1) is 0 Å². The summed E-state index contributed by atoms with van der Waals surface area (Å²) in [6, 6.07) is 0. The maximum absolute atomic E-state index is 11.8. The minimum absolute atomic E-state index is 0.0119. The molecule has 24 nitrogen and oxygen atoms in total. The van der Waals surface area contributed by atoms with Crippen LogP contribution in [0.3, 0.4) is 0 Å². The van der Waals surface area contributed by atoms with Gasteiger partial charge in [0.15, 0.2) is 40.8 Å². The van der Waals surface area contributed by atoms with Crippen molar-refractivity contribution in [2.75, 3.05) is 81.4 Å². The molecule has 8 bridgehead atoms. The number of rotatable bonds is 42. The first-order valence-electron chi connectivity index (χ1n) is 49.9. The fraction of sp³-hybridized carbons (Fsp3) is 0.921. The average molecular weight is 1780 g/mol. The summed E-state index contributed by atoms with van der Waals surface area (Å²) in [6.45, 7) is 40.4. The lowest BCUT2D eigenvalue weighted by molar-refractivity contribution is -0.197. The molecule has 125 heavy (non-hydrogen) atoms. The highest BCUT2D eigenvalue weighted by molar-refractivity contribution is 5.74. The Kier molecular flexibility index (Phi) is 60.4. The normalized spacial score (nSPS) is 25.6. The number of hydrogen-bond acceptors (Lipinski definition) is 24. The highest BCUT2D eigenvalue weighted by Crippen LogP contribution is 2.60. The molecule has 0 heterocycles. The van der Waals surface area contributed by atoms with Crippen molar-refractivity contribution in [2.24, 2.45) is 111 Å². The van der Waals surface area contributed by atoms with Crippen molar-refractivity contribution in [2.45, 2.75) is 407 Å². The summed E-state index contributed by atoms with van der Waals surface area (Å²) in [7, 11) is 3.12. The number of ether oxygens (including phenoxy) is 16. The van der Waals surface area contributed by atoms with E-state index in [2.05, 4.69) is 16.4 Å². The predicted molar refractivity (Wildman–Crippen MR) is 485 cm³/mol. The van der Waals surface area contributed by atoms with Gasteiger partial charge < -0.3 is 75.8 Å². The van der Waals surface area contributed by atoms with Crippen LogP contribution in [0.5, 0.6) is 0 Å². The van der Waals surface area contributed by atoms with Gasteiger partial charge >= 0.3 is 47.8 Å². The maximum Gasteiger partial charge on any atom is 0.310 e. The summed E-state index contributed by atoms with van der Waals surface area (Å²) in [5, 5.41) is 0. The zero-order valence-electron chi connectivity index (χ0n) is 82.6. The van der Waals surface area contributed by atoms with Crippen molar-refractivity contribution >= 4 is 47.8 Å². The lowest BCUT2D eigenvalue weighted by atomic mass is 9.50. The third kappa shape index (κ3) is 45.4. The van der Waals surface area contributed by atoms with Crippen molar-refractivity contribution in [1.82, 2.24) is 0 Å². The number of carbonyl (C=O) groups is 8. The van der Waals surface area contributed by atoms with Gasteiger partial charge in [-0.25, -0.2) is 0 Å². The highest BCUT2D eigenvalue weighted by Gasteiger charge is 2.52. The zero-order valence-corrected chi connectivity index (χ0v) is 82.6. The number of methoxy groups -OCH3 is 2. The molecule has 24 heteroatoms. The van der Waals surface area contributed by atoms with Crippen LogP contribution in [-0.2, 0) is 114 Å². The van der Waals surface area contributed by atoms with Gasteiger partial charge in [-0.2, -0.15) is 0 Å². The van der Waals surface area contributed by atoms with Crippen LogP contribution in [0.25, 0.3) is 0 Å². The van der Waals surface area contributed by atoms with Crippen LogP contribution in [0, 0.1) is 111 Å². The molecular weight excluding hydrogens is 1600 g/mol. The summed E-state index contributed by atoms with van der Waals surface area (Å²) < 4.78 is 84.0. The Balaban J connectivity index is 0.000000372. The molecule has 0 aromatic carbocycles. The lowest BCUT2D eigenvalue weighted by Gasteiger charge is -2.56. The topological polar surface area (TPSA) is 284 Å². The van der Waals surface area contributed by atoms with E-state index in [1.165, 1.54) is 168 Å². The summed E-state index contributed by atoms with van der Waals surface area (Å²) >= 11 is 0. The molecule has 12 rings (SSSR count). The maximum atomic E-state index is 11.8. The van der Waals surface area contributed by atoms with E-state index in [-0.39, 0.29) is 148 Å². The zero-order chi connectivity index (χ0) is 92.7. The third-order valence-electron chi connectivity index (χ3n) is 28.3. The monoisotopic (exact) mass is 1780 g/mol. The minimum Gasteiger partial charge on any atom is -0.438 e. The van der Waals surface area contributed by atoms with Gasteiger partial charge in [-0.3, -0.25) is 38.4 Å². The van der Waals surface area contributed by atoms with Gasteiger partial charge in [0.2, 0.25) is 12.6 Å². The third-order valence-corrected chi connectivity index (χ3v) is 28.3. The van der Waals surface area contributed by atoms with Gasteiger partial charge in [0.05, 0.1) is 72.8 Å². The molecular formula is C101H182O24. The predicted octanol–water partition coefficient (Wildman–Crippen LogP) is 22.9. The SMILES string of the molecule is CCC(C)C(=O)OC(OC)C1CCCCC1.CCC(C)C(=O)OCOC.CCC(C)C(=O)OCOC1C2CC3CC(C2)CC1C3.CCC(C)C(=O)OCOC1CCCCC1.CCC(C)C(=O)OCOCC1(C)CCCCC1.CCC(C)C(=O)OCOCC12CC3CC(CC(C3)C1)C2.CCOC(OC(=O)C(C)CC)C1CCCCC1.CCOCOC(=O)C(C)CC. The fourth-order valence-electron chi connectivity index (χ4n) is 19.0. The molecule has 0 aliphatic heterocycles. The van der Waals surface area contributed by atoms with E-state index in [1.54, 1.807) is 7.11 Å². The largest absolute Gasteiger partial charge is 0.438 e. The standard InChI is InChI=1S/C17H28O3.C16H26O3.2C14H26O3.C13H24O3.C12H22O3.C8H16O3.C7H14O3/c1-3-12(2)16(18)20-11-19-10-17-7-13-4-14(8-17)6-15(5-13)9-17;1-3-10(2)16(17)19-9-18-15-13-5-11-4-12(7-13)8-14(15)6-11;1-4-12(2)13(15)17-11-16-10-14(3)8-6-5-7-9-14;1-4-11(3)13(15)17-14(16-5-2)12-9-7-6-8-10-12;1-4-10(2)12(14)16-13(15-3)11-8-6-5-7-9-11;1-3-10(2)12(13)15-9-14-11-7-5-4-6-8-11;1-4-7(3)8(9)11-6-10-5-2;1-4-6(2)7(8)10-5-9-3/h12-15H,3-11H2,1-2H3;10-15H,3-9H2,1-2H3;12H,4-11H2,1-3H3;11-12,14H,4-10H2,1-3H3;10-11,13H,4-9H2,1-3H3;10-11H,3-9H2,1-2H3;7H,4-6H2,1-3H3;6H,4-5H2,1-3H3. The molecule has 0 radical (unpaired) electrons. The summed E-state index contributed by atoms with van der Waals surface area (Å²) in [5.41, 5.74) is 0.707. The molecule has 0 aromatic rings. The van der Waals surface area contributed by atoms with E-state index in [0.717, 1.165) is 138 Å².